The van der Waals surface area contributed by atoms with Crippen molar-refractivity contribution < 1.29 is 5.11 Å². The molecule has 0 saturated carbocycles. The maximum absolute atomic E-state index is 11.0. The average molecular weight is 340 g/mol. The summed E-state index contributed by atoms with van der Waals surface area (Å²) < 4.78 is 1.83. The SMILES string of the molecule is Cc1ccc(-c2c(O)c(-c3ccccc3)nn2-c2cccc(C)c2)cc1. The fraction of sp³-hybridized carbons (Fsp3) is 0.0870. The number of nitrogens with zero attached hydrogens (tertiary/aromatic N) is 2. The third kappa shape index (κ3) is 2.88. The smallest absolute Gasteiger partial charge is 0.170 e. The molecule has 1 aromatic heterocycles. The number of hydrogen-bond donors (Lipinski definition) is 1. The second-order valence-corrected chi connectivity index (χ2v) is 6.53. The Balaban J connectivity index is 1.98. The van der Waals surface area contributed by atoms with Crippen LogP contribution in [0.1, 0.15) is 11.1 Å². The summed E-state index contributed by atoms with van der Waals surface area (Å²) >= 11 is 0. The van der Waals surface area contributed by atoms with Crippen LogP contribution in [0.4, 0.5) is 0 Å². The van der Waals surface area contributed by atoms with E-state index in [0.717, 1.165) is 22.4 Å². The highest BCUT2D eigenvalue weighted by atomic mass is 16.3. The van der Waals surface area contributed by atoms with Gasteiger partial charge in [-0.1, -0.05) is 72.3 Å². The van der Waals surface area contributed by atoms with Crippen molar-refractivity contribution >= 4 is 0 Å². The average Bonchev–Trinajstić information content (AvgIpc) is 3.00. The highest BCUT2D eigenvalue weighted by Crippen LogP contribution is 2.39. The zero-order valence-corrected chi connectivity index (χ0v) is 14.8. The van der Waals surface area contributed by atoms with E-state index in [-0.39, 0.29) is 5.75 Å². The van der Waals surface area contributed by atoms with Crippen LogP contribution in [-0.2, 0) is 0 Å². The Morgan fingerprint density at radius 3 is 2.15 bits per heavy atom. The number of aromatic nitrogens is 2. The van der Waals surface area contributed by atoms with Gasteiger partial charge in [-0.2, -0.15) is 5.10 Å². The van der Waals surface area contributed by atoms with Gasteiger partial charge >= 0.3 is 0 Å². The maximum atomic E-state index is 11.0. The molecule has 26 heavy (non-hydrogen) atoms. The molecule has 3 nitrogen and oxygen atoms in total. The molecule has 3 heteroatoms. The minimum atomic E-state index is 0.196. The minimum absolute atomic E-state index is 0.196. The van der Waals surface area contributed by atoms with Gasteiger partial charge in [0.05, 0.1) is 5.69 Å². The molecule has 0 saturated heterocycles. The molecule has 0 aliphatic carbocycles. The molecule has 0 bridgehead atoms. The van der Waals surface area contributed by atoms with E-state index >= 15 is 0 Å². The van der Waals surface area contributed by atoms with E-state index in [1.54, 1.807) is 0 Å². The third-order valence-corrected chi connectivity index (χ3v) is 4.48. The van der Waals surface area contributed by atoms with Crippen molar-refractivity contribution in [3.05, 3.63) is 90.0 Å². The molecule has 1 N–H and O–H groups in total. The van der Waals surface area contributed by atoms with Gasteiger partial charge in [0.2, 0.25) is 0 Å². The molecule has 1 heterocycles. The van der Waals surface area contributed by atoms with Gasteiger partial charge in [0.25, 0.3) is 0 Å². The van der Waals surface area contributed by atoms with Crippen LogP contribution in [0.5, 0.6) is 5.75 Å². The Morgan fingerprint density at radius 1 is 0.731 bits per heavy atom. The van der Waals surface area contributed by atoms with Crippen LogP contribution >= 0.6 is 0 Å². The summed E-state index contributed by atoms with van der Waals surface area (Å²) in [5.74, 6) is 0.196. The van der Waals surface area contributed by atoms with Gasteiger partial charge in [0.15, 0.2) is 5.75 Å². The quantitative estimate of drug-likeness (QED) is 0.532. The van der Waals surface area contributed by atoms with Crippen LogP contribution in [0.2, 0.25) is 0 Å². The number of rotatable bonds is 3. The molecule has 0 amide bonds. The van der Waals surface area contributed by atoms with Crippen LogP contribution in [-0.4, -0.2) is 14.9 Å². The van der Waals surface area contributed by atoms with Gasteiger partial charge < -0.3 is 5.11 Å². The number of benzene rings is 3. The van der Waals surface area contributed by atoms with E-state index in [9.17, 15) is 5.11 Å². The van der Waals surface area contributed by atoms with E-state index < -0.39 is 0 Å². The lowest BCUT2D eigenvalue weighted by atomic mass is 10.1. The summed E-state index contributed by atoms with van der Waals surface area (Å²) in [4.78, 5) is 0. The van der Waals surface area contributed by atoms with E-state index in [1.165, 1.54) is 5.56 Å². The molecule has 0 spiro atoms. The normalized spacial score (nSPS) is 10.8. The lowest BCUT2D eigenvalue weighted by Crippen LogP contribution is -1.99. The molecule has 4 aromatic rings. The highest BCUT2D eigenvalue weighted by molar-refractivity contribution is 5.79. The van der Waals surface area contributed by atoms with Crippen molar-refractivity contribution in [2.45, 2.75) is 13.8 Å². The molecule has 0 aliphatic heterocycles. The van der Waals surface area contributed by atoms with Crippen LogP contribution in [0.3, 0.4) is 0 Å². The molecule has 0 radical (unpaired) electrons. The van der Waals surface area contributed by atoms with Crippen LogP contribution in [0.25, 0.3) is 28.2 Å². The largest absolute Gasteiger partial charge is 0.504 e. The van der Waals surface area contributed by atoms with Crippen LogP contribution in [0, 0.1) is 13.8 Å². The first-order valence-corrected chi connectivity index (χ1v) is 8.65. The summed E-state index contributed by atoms with van der Waals surface area (Å²) in [6.07, 6.45) is 0. The number of aromatic hydroxyl groups is 1. The van der Waals surface area contributed by atoms with Gasteiger partial charge in [0.1, 0.15) is 11.4 Å². The molecule has 0 atom stereocenters. The van der Waals surface area contributed by atoms with E-state index in [1.807, 2.05) is 71.4 Å². The zero-order chi connectivity index (χ0) is 18.1. The molecule has 128 valence electrons. The molecule has 0 unspecified atom stereocenters. The summed E-state index contributed by atoms with van der Waals surface area (Å²) in [7, 11) is 0. The Hall–Kier alpha value is -3.33. The number of aryl methyl sites for hydroxylation is 2. The number of hydrogen-bond acceptors (Lipinski definition) is 2. The second-order valence-electron chi connectivity index (χ2n) is 6.53. The van der Waals surface area contributed by atoms with Crippen molar-refractivity contribution in [1.29, 1.82) is 0 Å². The molecular weight excluding hydrogens is 320 g/mol. The first-order valence-electron chi connectivity index (χ1n) is 8.65. The molecule has 4 rings (SSSR count). The summed E-state index contributed by atoms with van der Waals surface area (Å²) in [5, 5.41) is 15.8. The minimum Gasteiger partial charge on any atom is -0.504 e. The third-order valence-electron chi connectivity index (χ3n) is 4.48. The standard InChI is InChI=1S/C23H20N2O/c1-16-11-13-19(14-12-16)22-23(26)21(18-8-4-3-5-9-18)24-25(22)20-10-6-7-17(2)15-20/h3-15,26H,1-2H3. The van der Waals surface area contributed by atoms with Crippen LogP contribution < -0.4 is 0 Å². The predicted octanol–water partition coefficient (Wildman–Crippen LogP) is 5.53. The second kappa shape index (κ2) is 6.52. The van der Waals surface area contributed by atoms with Gasteiger partial charge in [-0.05, 0) is 31.5 Å². The van der Waals surface area contributed by atoms with Crippen LogP contribution in [0.15, 0.2) is 78.9 Å². The van der Waals surface area contributed by atoms with Crippen molar-refractivity contribution in [2.24, 2.45) is 0 Å². The van der Waals surface area contributed by atoms with Crippen molar-refractivity contribution in [3.8, 4) is 34.0 Å². The van der Waals surface area contributed by atoms with Crippen molar-refractivity contribution in [3.63, 3.8) is 0 Å². The summed E-state index contributed by atoms with van der Waals surface area (Å²) in [5.41, 5.74) is 6.37. The topological polar surface area (TPSA) is 38.1 Å². The first-order chi connectivity index (χ1) is 12.6. The predicted molar refractivity (Wildman–Crippen MR) is 106 cm³/mol. The fourth-order valence-electron chi connectivity index (χ4n) is 3.12. The van der Waals surface area contributed by atoms with Gasteiger partial charge in [0, 0.05) is 11.1 Å². The van der Waals surface area contributed by atoms with Crippen molar-refractivity contribution in [1.82, 2.24) is 9.78 Å². The Kier molecular flexibility index (Phi) is 4.05. The lowest BCUT2D eigenvalue weighted by Gasteiger charge is -2.09. The van der Waals surface area contributed by atoms with E-state index in [0.29, 0.717) is 11.4 Å². The van der Waals surface area contributed by atoms with Gasteiger partial charge in [-0.3, -0.25) is 0 Å². The van der Waals surface area contributed by atoms with Gasteiger partial charge in [-0.15, -0.1) is 0 Å². The van der Waals surface area contributed by atoms with E-state index in [2.05, 4.69) is 26.0 Å². The Labute approximate surface area is 153 Å². The summed E-state index contributed by atoms with van der Waals surface area (Å²) in [6.45, 7) is 4.10. The molecular formula is C23H20N2O. The Morgan fingerprint density at radius 2 is 1.46 bits per heavy atom. The Bertz CT molecular complexity index is 1050. The summed E-state index contributed by atoms with van der Waals surface area (Å²) in [6, 6.07) is 26.0. The van der Waals surface area contributed by atoms with E-state index in [4.69, 9.17) is 5.10 Å². The highest BCUT2D eigenvalue weighted by Gasteiger charge is 2.21. The zero-order valence-electron chi connectivity index (χ0n) is 14.8. The molecule has 0 aliphatic rings. The fourth-order valence-corrected chi connectivity index (χ4v) is 3.12. The molecule has 3 aromatic carbocycles. The first kappa shape index (κ1) is 16.2. The maximum Gasteiger partial charge on any atom is 0.170 e. The monoisotopic (exact) mass is 340 g/mol. The van der Waals surface area contributed by atoms with Gasteiger partial charge in [-0.25, -0.2) is 4.68 Å². The lowest BCUT2D eigenvalue weighted by molar-refractivity contribution is 0.479. The van der Waals surface area contributed by atoms with Crippen molar-refractivity contribution in [2.75, 3.05) is 0 Å². The molecule has 0 fully saturated rings.